The Morgan fingerprint density at radius 3 is 2.00 bits per heavy atom. The van der Waals surface area contributed by atoms with Gasteiger partial charge in [-0.15, -0.1) is 0 Å². The predicted octanol–water partition coefficient (Wildman–Crippen LogP) is 7.47. The molecule has 0 aromatic heterocycles. The summed E-state index contributed by atoms with van der Waals surface area (Å²) in [6.45, 7) is 19.5. The van der Waals surface area contributed by atoms with Gasteiger partial charge in [0, 0.05) is 12.2 Å². The maximum Gasteiger partial charge on any atom is 0.184 e. The van der Waals surface area contributed by atoms with Crippen LogP contribution in [0.25, 0.3) is 0 Å². The van der Waals surface area contributed by atoms with E-state index in [2.05, 4.69) is 53.1 Å². The molecule has 4 heteroatoms. The molecule has 2 nitrogen and oxygen atoms in total. The first-order valence-corrected chi connectivity index (χ1v) is 19.5. The zero-order chi connectivity index (χ0) is 21.2. The van der Waals surface area contributed by atoms with Gasteiger partial charge in [0.25, 0.3) is 0 Å². The fraction of sp³-hybridized carbons (Fsp3) is 1.00. The first kappa shape index (κ1) is 22.5. The molecule has 0 unspecified atom stereocenters. The van der Waals surface area contributed by atoms with E-state index >= 15 is 0 Å². The highest BCUT2D eigenvalue weighted by atomic mass is 28.4. The van der Waals surface area contributed by atoms with Gasteiger partial charge in [-0.1, -0.05) is 13.8 Å². The van der Waals surface area contributed by atoms with E-state index in [1.807, 2.05) is 0 Å². The third-order valence-corrected chi connectivity index (χ3v) is 11.5. The highest BCUT2D eigenvalue weighted by Crippen LogP contribution is 2.66. The Balaban J connectivity index is 1.48. The molecule has 0 N–H and O–H groups in total. The normalized spacial score (nSPS) is 48.0. The van der Waals surface area contributed by atoms with E-state index in [1.54, 1.807) is 0 Å². The molecular formula is C25H48O2Si2. The van der Waals surface area contributed by atoms with Crippen molar-refractivity contribution >= 4 is 16.6 Å². The van der Waals surface area contributed by atoms with Gasteiger partial charge in [-0.05, 0) is 132 Å². The third kappa shape index (κ3) is 4.47. The van der Waals surface area contributed by atoms with Crippen molar-refractivity contribution in [2.45, 2.75) is 123 Å². The molecule has 8 atom stereocenters. The molecule has 4 rings (SSSR count). The standard InChI is InChI=1S/C25H48O2Si2/c1-24-13-12-22-21(23(24)16-20(17-24)27-29(6,7)8)10-9-18-15-19(26-28(3,4)5)11-14-25(18,22)2/h18-23H,9-17H2,1-8H3/t18-,19-,20+,21+,22-,23-,24+,25-/m0/s1. The molecule has 0 aliphatic heterocycles. The van der Waals surface area contributed by atoms with Gasteiger partial charge >= 0.3 is 0 Å². The highest BCUT2D eigenvalue weighted by molar-refractivity contribution is 6.70. The van der Waals surface area contributed by atoms with E-state index in [0.29, 0.717) is 23.0 Å². The van der Waals surface area contributed by atoms with Gasteiger partial charge in [-0.25, -0.2) is 0 Å². The largest absolute Gasteiger partial charge is 0.415 e. The molecule has 29 heavy (non-hydrogen) atoms. The summed E-state index contributed by atoms with van der Waals surface area (Å²) in [6.07, 6.45) is 13.7. The van der Waals surface area contributed by atoms with Gasteiger partial charge in [0.05, 0.1) is 0 Å². The second kappa shape index (κ2) is 7.45. The second-order valence-corrected chi connectivity index (χ2v) is 22.7. The van der Waals surface area contributed by atoms with Gasteiger partial charge in [0.1, 0.15) is 0 Å². The Hall–Kier alpha value is 0.354. The summed E-state index contributed by atoms with van der Waals surface area (Å²) in [6, 6.07) is 0. The SMILES string of the molecule is C[C@]12CC[C@H]3[C@@H](CC[C@H]4C[C@@H](O[Si](C)(C)C)CC[C@@]43C)[C@@H]1C[C@@H](O[Si](C)(C)C)C2. The Morgan fingerprint density at radius 1 is 0.690 bits per heavy atom. The van der Waals surface area contributed by atoms with Crippen molar-refractivity contribution in [2.24, 2.45) is 34.5 Å². The molecule has 168 valence electrons. The van der Waals surface area contributed by atoms with Gasteiger partial charge in [0.15, 0.2) is 16.6 Å². The summed E-state index contributed by atoms with van der Waals surface area (Å²) in [5.41, 5.74) is 1.12. The van der Waals surface area contributed by atoms with Crippen LogP contribution >= 0.6 is 0 Å². The first-order chi connectivity index (χ1) is 13.3. The zero-order valence-electron chi connectivity index (χ0n) is 20.6. The van der Waals surface area contributed by atoms with Crippen LogP contribution in [0.4, 0.5) is 0 Å². The van der Waals surface area contributed by atoms with Crippen LogP contribution in [0.5, 0.6) is 0 Å². The minimum Gasteiger partial charge on any atom is -0.415 e. The molecule has 4 aliphatic rings. The molecule has 0 aromatic carbocycles. The lowest BCUT2D eigenvalue weighted by Gasteiger charge is -2.60. The molecule has 0 amide bonds. The van der Waals surface area contributed by atoms with Crippen LogP contribution in [0.3, 0.4) is 0 Å². The van der Waals surface area contributed by atoms with Crippen LogP contribution in [0.2, 0.25) is 39.3 Å². The zero-order valence-corrected chi connectivity index (χ0v) is 22.6. The lowest BCUT2D eigenvalue weighted by molar-refractivity contribution is -0.118. The third-order valence-electron chi connectivity index (χ3n) is 9.39. The minimum atomic E-state index is -1.44. The Kier molecular flexibility index (Phi) is 5.79. The number of hydrogen-bond acceptors (Lipinski definition) is 2. The number of hydrogen-bond donors (Lipinski definition) is 0. The summed E-state index contributed by atoms with van der Waals surface area (Å²) < 4.78 is 13.2. The lowest BCUT2D eigenvalue weighted by atomic mass is 9.45. The molecule has 0 aromatic rings. The Labute approximate surface area is 183 Å². The summed E-state index contributed by atoms with van der Waals surface area (Å²) in [4.78, 5) is 0. The smallest absolute Gasteiger partial charge is 0.184 e. The molecule has 4 saturated carbocycles. The quantitative estimate of drug-likeness (QED) is 0.425. The van der Waals surface area contributed by atoms with Crippen molar-refractivity contribution in [1.29, 1.82) is 0 Å². The molecule has 0 radical (unpaired) electrons. The van der Waals surface area contributed by atoms with Crippen molar-refractivity contribution in [3.05, 3.63) is 0 Å². The van der Waals surface area contributed by atoms with E-state index in [-0.39, 0.29) is 0 Å². The van der Waals surface area contributed by atoms with Crippen LogP contribution in [0.15, 0.2) is 0 Å². The topological polar surface area (TPSA) is 18.5 Å². The van der Waals surface area contributed by atoms with E-state index < -0.39 is 16.6 Å². The Bertz CT molecular complexity index is 609. The molecule has 4 fully saturated rings. The molecule has 0 saturated heterocycles. The second-order valence-electron chi connectivity index (χ2n) is 13.8. The van der Waals surface area contributed by atoms with E-state index in [1.165, 1.54) is 57.8 Å². The van der Waals surface area contributed by atoms with Crippen LogP contribution in [-0.2, 0) is 8.85 Å². The molecule has 0 heterocycles. The number of fused-ring (bicyclic) bond motifs is 5. The van der Waals surface area contributed by atoms with Gasteiger partial charge < -0.3 is 8.85 Å². The number of rotatable bonds is 4. The van der Waals surface area contributed by atoms with Crippen molar-refractivity contribution in [3.63, 3.8) is 0 Å². The summed E-state index contributed by atoms with van der Waals surface area (Å²) in [5, 5.41) is 0. The predicted molar refractivity (Wildman–Crippen MR) is 128 cm³/mol. The average Bonchev–Trinajstić information content (AvgIpc) is 2.88. The molecule has 0 bridgehead atoms. The molecular weight excluding hydrogens is 388 g/mol. The summed E-state index contributed by atoms with van der Waals surface area (Å²) >= 11 is 0. The highest BCUT2D eigenvalue weighted by Gasteiger charge is 2.59. The van der Waals surface area contributed by atoms with E-state index in [4.69, 9.17) is 8.85 Å². The van der Waals surface area contributed by atoms with Crippen LogP contribution in [-0.4, -0.2) is 28.8 Å². The van der Waals surface area contributed by atoms with E-state index in [9.17, 15) is 0 Å². The van der Waals surface area contributed by atoms with Crippen LogP contribution in [0.1, 0.15) is 71.6 Å². The molecule has 0 spiro atoms. The maximum atomic E-state index is 6.65. The average molecular weight is 437 g/mol. The Morgan fingerprint density at radius 2 is 1.34 bits per heavy atom. The van der Waals surface area contributed by atoms with Gasteiger partial charge in [-0.3, -0.25) is 0 Å². The first-order valence-electron chi connectivity index (χ1n) is 12.6. The maximum absolute atomic E-state index is 6.65. The fourth-order valence-electron chi connectivity index (χ4n) is 8.41. The van der Waals surface area contributed by atoms with Gasteiger partial charge in [-0.2, -0.15) is 0 Å². The van der Waals surface area contributed by atoms with Crippen molar-refractivity contribution in [1.82, 2.24) is 0 Å². The van der Waals surface area contributed by atoms with Gasteiger partial charge in [0.2, 0.25) is 0 Å². The van der Waals surface area contributed by atoms with Crippen LogP contribution in [0, 0.1) is 34.5 Å². The van der Waals surface area contributed by atoms with Crippen molar-refractivity contribution < 1.29 is 8.85 Å². The summed E-state index contributed by atoms with van der Waals surface area (Å²) in [7, 11) is -2.87. The van der Waals surface area contributed by atoms with E-state index in [0.717, 1.165) is 23.7 Å². The fourth-order valence-corrected chi connectivity index (χ4v) is 10.8. The summed E-state index contributed by atoms with van der Waals surface area (Å²) in [5.74, 6) is 3.73. The minimum absolute atomic E-state index is 0.543. The monoisotopic (exact) mass is 436 g/mol. The molecule has 4 aliphatic carbocycles. The van der Waals surface area contributed by atoms with Crippen molar-refractivity contribution in [3.8, 4) is 0 Å². The van der Waals surface area contributed by atoms with Crippen molar-refractivity contribution in [2.75, 3.05) is 0 Å². The lowest BCUT2D eigenvalue weighted by Crippen LogP contribution is -2.53. The van der Waals surface area contributed by atoms with Crippen LogP contribution < -0.4 is 0 Å².